The molecule has 0 aromatic carbocycles. The second kappa shape index (κ2) is 4.16. The molecule has 0 saturated heterocycles. The smallest absolute Gasteiger partial charge is 0.185 e. The van der Waals surface area contributed by atoms with Crippen molar-refractivity contribution in [2.45, 2.75) is 51.0 Å². The summed E-state index contributed by atoms with van der Waals surface area (Å²) in [5, 5.41) is 10.1. The maximum Gasteiger partial charge on any atom is 0.185 e. The zero-order chi connectivity index (χ0) is 13.6. The van der Waals surface area contributed by atoms with E-state index in [0.29, 0.717) is 0 Å². The van der Waals surface area contributed by atoms with Crippen molar-refractivity contribution in [3.8, 4) is 0 Å². The SMILES string of the molecule is CC(C)C(=O)C1=C(O)C(C)(C)SC(C)(C)C1=O. The fourth-order valence-corrected chi connectivity index (χ4v) is 3.63. The minimum atomic E-state index is -0.671. The van der Waals surface area contributed by atoms with Crippen LogP contribution in [-0.2, 0) is 9.59 Å². The predicted molar refractivity (Wildman–Crippen MR) is 70.3 cm³/mol. The first kappa shape index (κ1) is 14.3. The summed E-state index contributed by atoms with van der Waals surface area (Å²) in [4.78, 5) is 24.3. The molecule has 0 atom stereocenters. The van der Waals surface area contributed by atoms with Gasteiger partial charge in [0.15, 0.2) is 11.6 Å². The Morgan fingerprint density at radius 3 is 2.06 bits per heavy atom. The van der Waals surface area contributed by atoms with Crippen LogP contribution in [0.4, 0.5) is 0 Å². The van der Waals surface area contributed by atoms with Crippen LogP contribution in [0, 0.1) is 5.92 Å². The molecule has 0 unspecified atom stereocenters. The number of rotatable bonds is 2. The topological polar surface area (TPSA) is 54.4 Å². The molecule has 96 valence electrons. The third kappa shape index (κ3) is 2.41. The average molecular weight is 256 g/mol. The van der Waals surface area contributed by atoms with Gasteiger partial charge in [0, 0.05) is 5.92 Å². The molecule has 1 N–H and O–H groups in total. The van der Waals surface area contributed by atoms with Crippen LogP contribution < -0.4 is 0 Å². The van der Waals surface area contributed by atoms with Crippen molar-refractivity contribution in [3.05, 3.63) is 11.3 Å². The first-order valence-electron chi connectivity index (χ1n) is 5.73. The van der Waals surface area contributed by atoms with E-state index in [9.17, 15) is 14.7 Å². The molecule has 4 heteroatoms. The van der Waals surface area contributed by atoms with Crippen LogP contribution in [0.3, 0.4) is 0 Å². The molecule has 3 nitrogen and oxygen atoms in total. The second-order valence-electron chi connectivity index (χ2n) is 5.69. The van der Waals surface area contributed by atoms with Gasteiger partial charge in [-0.15, -0.1) is 11.8 Å². The summed E-state index contributed by atoms with van der Waals surface area (Å²) in [7, 11) is 0. The van der Waals surface area contributed by atoms with Gasteiger partial charge in [-0.3, -0.25) is 9.59 Å². The van der Waals surface area contributed by atoms with E-state index >= 15 is 0 Å². The van der Waals surface area contributed by atoms with Crippen LogP contribution in [0.25, 0.3) is 0 Å². The monoisotopic (exact) mass is 256 g/mol. The van der Waals surface area contributed by atoms with E-state index in [2.05, 4.69) is 0 Å². The first-order valence-corrected chi connectivity index (χ1v) is 6.55. The molecule has 0 radical (unpaired) electrons. The zero-order valence-electron chi connectivity index (χ0n) is 11.2. The van der Waals surface area contributed by atoms with E-state index in [4.69, 9.17) is 0 Å². The zero-order valence-corrected chi connectivity index (χ0v) is 12.1. The summed E-state index contributed by atoms with van der Waals surface area (Å²) >= 11 is 1.39. The molecule has 1 aliphatic rings. The van der Waals surface area contributed by atoms with Gasteiger partial charge < -0.3 is 5.11 Å². The van der Waals surface area contributed by atoms with Gasteiger partial charge in [-0.05, 0) is 27.7 Å². The maximum atomic E-state index is 12.2. The van der Waals surface area contributed by atoms with Crippen LogP contribution in [0.1, 0.15) is 41.5 Å². The van der Waals surface area contributed by atoms with Crippen molar-refractivity contribution in [1.82, 2.24) is 0 Å². The summed E-state index contributed by atoms with van der Waals surface area (Å²) < 4.78 is -1.27. The lowest BCUT2D eigenvalue weighted by Gasteiger charge is -2.39. The van der Waals surface area contributed by atoms with Gasteiger partial charge in [0.05, 0.1) is 9.49 Å². The predicted octanol–water partition coefficient (Wildman–Crippen LogP) is 2.90. The minimum absolute atomic E-state index is 0.00579. The highest BCUT2D eigenvalue weighted by molar-refractivity contribution is 8.03. The molecule has 0 aliphatic carbocycles. The van der Waals surface area contributed by atoms with Gasteiger partial charge in [0.2, 0.25) is 0 Å². The van der Waals surface area contributed by atoms with Crippen molar-refractivity contribution >= 4 is 23.3 Å². The van der Waals surface area contributed by atoms with Crippen molar-refractivity contribution in [2.24, 2.45) is 5.92 Å². The minimum Gasteiger partial charge on any atom is -0.510 e. The van der Waals surface area contributed by atoms with E-state index < -0.39 is 9.49 Å². The first-order chi connectivity index (χ1) is 7.50. The van der Waals surface area contributed by atoms with Gasteiger partial charge in [-0.1, -0.05) is 13.8 Å². The van der Waals surface area contributed by atoms with E-state index in [0.717, 1.165) is 0 Å². The van der Waals surface area contributed by atoms with Gasteiger partial charge in [0.25, 0.3) is 0 Å². The van der Waals surface area contributed by atoms with Gasteiger partial charge in [-0.25, -0.2) is 0 Å². The number of aliphatic hydroxyl groups is 1. The molecule has 0 fully saturated rings. The Labute approximate surface area is 107 Å². The Bertz CT molecular complexity index is 403. The van der Waals surface area contributed by atoms with Crippen LogP contribution in [0.5, 0.6) is 0 Å². The molecule has 1 rings (SSSR count). The molecular formula is C13H20O3S. The molecule has 0 spiro atoms. The van der Waals surface area contributed by atoms with Crippen molar-refractivity contribution in [1.29, 1.82) is 0 Å². The molecule has 17 heavy (non-hydrogen) atoms. The van der Waals surface area contributed by atoms with Crippen LogP contribution >= 0.6 is 11.8 Å². The van der Waals surface area contributed by atoms with E-state index in [-0.39, 0.29) is 28.8 Å². The lowest BCUT2D eigenvalue weighted by molar-refractivity contribution is -0.124. The number of carbonyl (C=O) groups is 2. The summed E-state index contributed by atoms with van der Waals surface area (Å²) in [6, 6.07) is 0. The van der Waals surface area contributed by atoms with E-state index in [1.54, 1.807) is 27.7 Å². The number of Topliss-reactive ketones (excluding diaryl/α,β-unsaturated/α-hetero) is 2. The second-order valence-corrected chi connectivity index (χ2v) is 7.94. The van der Waals surface area contributed by atoms with Crippen LogP contribution in [0.2, 0.25) is 0 Å². The number of hydrogen-bond acceptors (Lipinski definition) is 4. The normalized spacial score (nSPS) is 23.1. The molecule has 0 aromatic heterocycles. The Morgan fingerprint density at radius 1 is 1.18 bits per heavy atom. The summed E-state index contributed by atoms with van der Waals surface area (Å²) in [6.07, 6.45) is 0. The molecule has 0 aromatic rings. The Kier molecular flexibility index (Phi) is 3.50. The third-order valence-corrected chi connectivity index (χ3v) is 4.26. The highest BCUT2D eigenvalue weighted by Crippen LogP contribution is 2.47. The number of carbonyl (C=O) groups excluding carboxylic acids is 2. The van der Waals surface area contributed by atoms with Gasteiger partial charge in [-0.2, -0.15) is 0 Å². The molecule has 0 bridgehead atoms. The van der Waals surface area contributed by atoms with Crippen molar-refractivity contribution < 1.29 is 14.7 Å². The Hall–Kier alpha value is -0.770. The lowest BCUT2D eigenvalue weighted by Crippen LogP contribution is -2.44. The summed E-state index contributed by atoms with van der Waals surface area (Å²) in [5.41, 5.74) is -0.00579. The quantitative estimate of drug-likeness (QED) is 0.772. The largest absolute Gasteiger partial charge is 0.510 e. The van der Waals surface area contributed by atoms with Crippen LogP contribution in [-0.4, -0.2) is 26.2 Å². The van der Waals surface area contributed by atoms with Crippen molar-refractivity contribution in [2.75, 3.05) is 0 Å². The van der Waals surface area contributed by atoms with Crippen molar-refractivity contribution in [3.63, 3.8) is 0 Å². The number of aliphatic hydroxyl groups excluding tert-OH is 1. The van der Waals surface area contributed by atoms with Gasteiger partial charge >= 0.3 is 0 Å². The molecule has 0 amide bonds. The van der Waals surface area contributed by atoms with Gasteiger partial charge in [0.1, 0.15) is 11.3 Å². The Morgan fingerprint density at radius 2 is 1.65 bits per heavy atom. The molecular weight excluding hydrogens is 236 g/mol. The fourth-order valence-electron chi connectivity index (χ4n) is 1.96. The molecule has 1 heterocycles. The molecule has 1 aliphatic heterocycles. The highest BCUT2D eigenvalue weighted by atomic mass is 32.2. The highest BCUT2D eigenvalue weighted by Gasteiger charge is 2.48. The van der Waals surface area contributed by atoms with E-state index in [1.165, 1.54) is 11.8 Å². The summed E-state index contributed by atoms with van der Waals surface area (Å²) in [5.74, 6) is -0.900. The standard InChI is InChI=1S/C13H20O3S/c1-7(2)9(14)8-10(15)12(3,4)17-13(5,6)11(8)16/h7,15H,1-6H3. The molecule has 0 saturated carbocycles. The number of thioether (sulfide) groups is 1. The number of ketones is 2. The Balaban J connectivity index is 3.41. The summed E-state index contributed by atoms with van der Waals surface area (Å²) in [6.45, 7) is 10.7. The van der Waals surface area contributed by atoms with E-state index in [1.807, 2.05) is 13.8 Å². The number of allylic oxidation sites excluding steroid dienone is 1. The lowest BCUT2D eigenvalue weighted by atomic mass is 9.87. The third-order valence-electron chi connectivity index (χ3n) is 2.86. The fraction of sp³-hybridized carbons (Fsp3) is 0.692. The maximum absolute atomic E-state index is 12.2. The number of hydrogen-bond donors (Lipinski definition) is 1. The average Bonchev–Trinajstić information content (AvgIpc) is 2.13. The van der Waals surface area contributed by atoms with Crippen LogP contribution in [0.15, 0.2) is 11.3 Å².